The summed E-state index contributed by atoms with van der Waals surface area (Å²) in [6.45, 7) is 0. The van der Waals surface area contributed by atoms with Crippen molar-refractivity contribution >= 4 is 19.0 Å². The lowest BCUT2D eigenvalue weighted by molar-refractivity contribution is -0.385. The lowest BCUT2D eigenvalue weighted by atomic mass is 10.3. The summed E-state index contributed by atoms with van der Waals surface area (Å²) in [5, 5.41) is 10.5. The Labute approximate surface area is 88.8 Å². The lowest BCUT2D eigenvalue weighted by Crippen LogP contribution is -2.07. The van der Waals surface area contributed by atoms with Crippen molar-refractivity contribution in [1.29, 1.82) is 0 Å². The van der Waals surface area contributed by atoms with Crippen LogP contribution in [0.1, 0.15) is 0 Å². The minimum atomic E-state index is -5.06. The van der Waals surface area contributed by atoms with Gasteiger partial charge in [-0.1, -0.05) is 12.1 Å². The number of nitro groups is 1. The zero-order valence-electron chi connectivity index (χ0n) is 7.64. The monoisotopic (exact) mass is 247 g/mol. The Morgan fingerprint density at radius 2 is 1.94 bits per heavy atom. The Morgan fingerprint density at radius 1 is 1.38 bits per heavy atom. The molecule has 0 unspecified atom stereocenters. The molecule has 0 saturated heterocycles. The normalized spacial score (nSPS) is 10.9. The number of hydrogen-bond acceptors (Lipinski definition) is 5. The average Bonchev–Trinajstić information content (AvgIpc) is 2.16. The Balaban J connectivity index is 3.03. The van der Waals surface area contributed by atoms with Gasteiger partial charge in [-0.15, -0.1) is 0 Å². The third kappa shape index (κ3) is 2.86. The number of para-hydroxylation sites is 2. The predicted octanol–water partition coefficient (Wildman–Crippen LogP) is 1.27. The summed E-state index contributed by atoms with van der Waals surface area (Å²) >= 11 is 0. The number of carbonyl (C=O) groups excluding carboxylic acids is 1. The maximum Gasteiger partial charge on any atom is 0.433 e. The second-order valence-electron chi connectivity index (χ2n) is 2.64. The Morgan fingerprint density at radius 3 is 2.44 bits per heavy atom. The van der Waals surface area contributed by atoms with Crippen molar-refractivity contribution in [3.63, 3.8) is 0 Å². The third-order valence-corrected chi connectivity index (χ3v) is 2.06. The van der Waals surface area contributed by atoms with E-state index in [1.54, 1.807) is 0 Å². The van der Waals surface area contributed by atoms with Crippen LogP contribution in [-0.4, -0.2) is 20.4 Å². The fourth-order valence-corrected chi connectivity index (χ4v) is 1.07. The van der Waals surface area contributed by atoms with E-state index in [-0.39, 0.29) is 0 Å². The Bertz CT molecular complexity index is 479. The molecule has 8 nitrogen and oxygen atoms in total. The van der Waals surface area contributed by atoms with Crippen LogP contribution in [0.5, 0.6) is 5.75 Å². The molecule has 0 spiro atoms. The number of carbonyl (C=O) groups is 1. The molecule has 0 heterocycles. The van der Waals surface area contributed by atoms with Crippen molar-refractivity contribution in [2.24, 2.45) is 0 Å². The van der Waals surface area contributed by atoms with Gasteiger partial charge in [-0.3, -0.25) is 10.1 Å². The minimum absolute atomic E-state index is 0.513. The first-order chi connectivity index (χ1) is 7.32. The van der Waals surface area contributed by atoms with Crippen LogP contribution >= 0.6 is 7.60 Å². The maximum absolute atomic E-state index is 10.8. The van der Waals surface area contributed by atoms with E-state index in [1.807, 2.05) is 0 Å². The molecule has 1 aromatic carbocycles. The van der Waals surface area contributed by atoms with Gasteiger partial charge >= 0.3 is 19.0 Å². The molecule has 0 radical (unpaired) electrons. The quantitative estimate of drug-likeness (QED) is 0.467. The molecule has 0 bridgehead atoms. The summed E-state index contributed by atoms with van der Waals surface area (Å²) < 4.78 is 14.7. The molecule has 0 atom stereocenters. The van der Waals surface area contributed by atoms with Crippen LogP contribution < -0.4 is 4.74 Å². The van der Waals surface area contributed by atoms with Crippen LogP contribution in [0.3, 0.4) is 0 Å². The zero-order valence-corrected chi connectivity index (χ0v) is 8.53. The van der Waals surface area contributed by atoms with Crippen molar-refractivity contribution in [2.45, 2.75) is 0 Å². The van der Waals surface area contributed by atoms with Crippen molar-refractivity contribution in [3.8, 4) is 5.75 Å². The molecule has 0 aliphatic carbocycles. The summed E-state index contributed by atoms with van der Waals surface area (Å²) in [5.74, 6) is -0.513. The molecule has 0 aromatic heterocycles. The zero-order chi connectivity index (χ0) is 12.3. The summed E-state index contributed by atoms with van der Waals surface area (Å²) in [4.78, 5) is 37.3. The molecular formula is C7H6NO7P. The second kappa shape index (κ2) is 4.40. The number of nitrogens with zero attached hydrogens (tertiary/aromatic N) is 1. The van der Waals surface area contributed by atoms with Crippen molar-refractivity contribution in [2.75, 3.05) is 0 Å². The number of hydrogen-bond donors (Lipinski definition) is 2. The van der Waals surface area contributed by atoms with Gasteiger partial charge in [0.15, 0.2) is 0 Å². The topological polar surface area (TPSA) is 127 Å². The fraction of sp³-hybridized carbons (Fsp3) is 0. The molecule has 86 valence electrons. The average molecular weight is 247 g/mol. The van der Waals surface area contributed by atoms with Crippen molar-refractivity contribution in [3.05, 3.63) is 34.4 Å². The highest BCUT2D eigenvalue weighted by atomic mass is 31.2. The van der Waals surface area contributed by atoms with Gasteiger partial charge in [0.2, 0.25) is 5.75 Å². The highest BCUT2D eigenvalue weighted by Crippen LogP contribution is 2.39. The SMILES string of the molecule is O=C(Oc1ccccc1[N+](=O)[O-])P(=O)(O)O. The van der Waals surface area contributed by atoms with E-state index in [9.17, 15) is 19.5 Å². The molecule has 1 rings (SSSR count). The van der Waals surface area contributed by atoms with Gasteiger partial charge < -0.3 is 14.5 Å². The van der Waals surface area contributed by atoms with Gasteiger partial charge in [-0.2, -0.15) is 0 Å². The largest absolute Gasteiger partial charge is 0.433 e. The molecule has 2 N–H and O–H groups in total. The van der Waals surface area contributed by atoms with Gasteiger partial charge in [0.05, 0.1) is 4.92 Å². The molecule has 1 aromatic rings. The van der Waals surface area contributed by atoms with Crippen LogP contribution in [0.25, 0.3) is 0 Å². The molecular weight excluding hydrogens is 241 g/mol. The van der Waals surface area contributed by atoms with Crippen LogP contribution in [0, 0.1) is 10.1 Å². The first-order valence-corrected chi connectivity index (χ1v) is 5.45. The van der Waals surface area contributed by atoms with E-state index in [4.69, 9.17) is 9.79 Å². The van der Waals surface area contributed by atoms with Crippen molar-refractivity contribution < 1.29 is 28.8 Å². The summed E-state index contributed by atoms with van der Waals surface area (Å²) in [6, 6.07) is 4.76. The molecule has 0 aliphatic rings. The minimum Gasteiger partial charge on any atom is -0.410 e. The van der Waals surface area contributed by atoms with Gasteiger partial charge in [0.25, 0.3) is 0 Å². The van der Waals surface area contributed by atoms with E-state index in [0.29, 0.717) is 0 Å². The summed E-state index contributed by atoms with van der Waals surface area (Å²) in [5.41, 5.74) is -2.38. The molecule has 0 amide bonds. The Kier molecular flexibility index (Phi) is 3.38. The Hall–Kier alpha value is -1.76. The smallest absolute Gasteiger partial charge is 0.410 e. The third-order valence-electron chi connectivity index (χ3n) is 1.50. The first kappa shape index (κ1) is 12.3. The molecule has 0 fully saturated rings. The van der Waals surface area contributed by atoms with Crippen molar-refractivity contribution in [1.82, 2.24) is 0 Å². The summed E-state index contributed by atoms with van der Waals surface area (Å²) in [7, 11) is -5.06. The first-order valence-electron chi connectivity index (χ1n) is 3.83. The standard InChI is InChI=1S/C7H6NO7P/c9-7(16(12,13)14)15-6-4-2-1-3-5(6)8(10)11/h1-4H,(H2,12,13,14). The highest BCUT2D eigenvalue weighted by Gasteiger charge is 2.30. The predicted molar refractivity (Wildman–Crippen MR) is 51.2 cm³/mol. The van der Waals surface area contributed by atoms with Crippen LogP contribution in [-0.2, 0) is 4.57 Å². The van der Waals surface area contributed by atoms with E-state index >= 15 is 0 Å². The van der Waals surface area contributed by atoms with Gasteiger partial charge in [-0.05, 0) is 6.07 Å². The van der Waals surface area contributed by atoms with E-state index in [2.05, 4.69) is 4.74 Å². The number of ether oxygens (including phenoxy) is 1. The van der Waals surface area contributed by atoms with Gasteiger partial charge in [-0.25, -0.2) is 9.36 Å². The van der Waals surface area contributed by atoms with Crippen LogP contribution in [0.4, 0.5) is 10.5 Å². The second-order valence-corrected chi connectivity index (χ2v) is 4.09. The van der Waals surface area contributed by atoms with Gasteiger partial charge in [0.1, 0.15) is 0 Å². The number of rotatable bonds is 3. The number of benzene rings is 1. The maximum atomic E-state index is 10.8. The lowest BCUT2D eigenvalue weighted by Gasteiger charge is -2.04. The fourth-order valence-electron chi connectivity index (χ4n) is 0.848. The molecule has 0 aliphatic heterocycles. The summed E-state index contributed by atoms with van der Waals surface area (Å²) in [6.07, 6.45) is 0. The van der Waals surface area contributed by atoms with Crippen LogP contribution in [0.15, 0.2) is 24.3 Å². The molecule has 0 saturated carbocycles. The molecule has 9 heteroatoms. The van der Waals surface area contributed by atoms with E-state index in [1.165, 1.54) is 12.1 Å². The highest BCUT2D eigenvalue weighted by molar-refractivity contribution is 7.69. The molecule has 16 heavy (non-hydrogen) atoms. The number of nitro benzene ring substituents is 1. The van der Waals surface area contributed by atoms with E-state index in [0.717, 1.165) is 12.1 Å². The van der Waals surface area contributed by atoms with Gasteiger partial charge in [0, 0.05) is 6.07 Å². The van der Waals surface area contributed by atoms with Crippen LogP contribution in [0.2, 0.25) is 0 Å². The van der Waals surface area contributed by atoms with E-state index < -0.39 is 29.7 Å².